The molecular weight excluding hydrogens is 719 g/mol. The molecule has 1 fully saturated rings. The molecule has 2 aromatic carbocycles. The van der Waals surface area contributed by atoms with Gasteiger partial charge in [-0.3, -0.25) is 14.4 Å². The van der Waals surface area contributed by atoms with Crippen LogP contribution in [0, 0.1) is 11.6 Å². The number of nitrogens with one attached hydrogen (secondary N) is 2. The van der Waals surface area contributed by atoms with E-state index in [1.807, 2.05) is 44.2 Å². The maximum atomic E-state index is 14.2. The summed E-state index contributed by atoms with van der Waals surface area (Å²) in [6.45, 7) is 7.25. The monoisotopic (exact) mass is 774 g/mol. The molecule has 2 aliphatic rings. The third-order valence-corrected chi connectivity index (χ3v) is 10.2. The number of fused-ring (bicyclic) bond motifs is 3. The van der Waals surface area contributed by atoms with E-state index in [9.17, 15) is 23.2 Å². The van der Waals surface area contributed by atoms with Crippen LogP contribution in [0.25, 0.3) is 16.5 Å². The summed E-state index contributed by atoms with van der Waals surface area (Å²) in [5.41, 5.74) is 1.95. The van der Waals surface area contributed by atoms with Gasteiger partial charge in [-0.2, -0.15) is 0 Å². The van der Waals surface area contributed by atoms with Crippen molar-refractivity contribution in [2.45, 2.75) is 90.0 Å². The van der Waals surface area contributed by atoms with Crippen LogP contribution in [-0.2, 0) is 15.0 Å². The Morgan fingerprint density at radius 2 is 1.44 bits per heavy atom. The van der Waals surface area contributed by atoms with Gasteiger partial charge in [0, 0.05) is 60.2 Å². The summed E-state index contributed by atoms with van der Waals surface area (Å²) < 4.78 is 27.9. The summed E-state index contributed by atoms with van der Waals surface area (Å²) >= 11 is 0. The molecule has 0 spiro atoms. The number of allylic oxidation sites excluding steroid dienone is 12. The molecule has 2 N–H and O–H groups in total. The van der Waals surface area contributed by atoms with Crippen molar-refractivity contribution < 1.29 is 23.2 Å². The van der Waals surface area contributed by atoms with Gasteiger partial charge in [-0.25, -0.2) is 8.78 Å². The minimum Gasteiger partial charge on any atom is -0.354 e. The molecule has 0 radical (unpaired) electrons. The number of carbonyl (C=O) groups is 3. The Morgan fingerprint density at radius 3 is 2.07 bits per heavy atom. The smallest absolute Gasteiger partial charge is 0.257 e. The molecule has 0 bridgehead atoms. The summed E-state index contributed by atoms with van der Waals surface area (Å²) in [6.07, 6.45) is 34.7. The van der Waals surface area contributed by atoms with E-state index in [1.165, 1.54) is 17.2 Å². The van der Waals surface area contributed by atoms with Crippen molar-refractivity contribution in [2.75, 3.05) is 19.6 Å². The Hall–Kier alpha value is -5.57. The number of halogens is 2. The maximum Gasteiger partial charge on any atom is 0.257 e. The quantitative estimate of drug-likeness (QED) is 0.134. The third kappa shape index (κ3) is 12.0. The van der Waals surface area contributed by atoms with E-state index in [0.717, 1.165) is 67.1 Å². The first-order valence-corrected chi connectivity index (χ1v) is 20.2. The SMILES string of the molecule is CCC=CCC=CCC=CCC=CCC=CCC=CCCC(=O)N1CCC(NC(=O)C2=CN(C(=O)c3ccc(F)c(F)c3)CC(C)(C)c3c2[nH]c2ccccc32)C1. The molecule has 3 heterocycles. The van der Waals surface area contributed by atoms with Gasteiger partial charge in [0.15, 0.2) is 11.6 Å². The minimum atomic E-state index is -1.12. The molecule has 1 saturated heterocycles. The summed E-state index contributed by atoms with van der Waals surface area (Å²) in [5, 5.41) is 4.05. The zero-order chi connectivity index (χ0) is 40.6. The average Bonchev–Trinajstić information content (AvgIpc) is 3.81. The van der Waals surface area contributed by atoms with E-state index in [-0.39, 0.29) is 35.5 Å². The van der Waals surface area contributed by atoms with Crippen LogP contribution in [0.3, 0.4) is 0 Å². The second kappa shape index (κ2) is 21.1. The molecule has 3 amide bonds. The normalized spacial score (nSPS) is 17.3. The van der Waals surface area contributed by atoms with Gasteiger partial charge >= 0.3 is 0 Å². The van der Waals surface area contributed by atoms with Gasteiger partial charge in [-0.05, 0) is 81.2 Å². The van der Waals surface area contributed by atoms with E-state index in [1.54, 1.807) is 4.90 Å². The molecule has 5 rings (SSSR count). The van der Waals surface area contributed by atoms with Crippen LogP contribution >= 0.6 is 0 Å². The molecule has 300 valence electrons. The number of benzene rings is 2. The highest BCUT2D eigenvalue weighted by Gasteiger charge is 2.38. The number of aromatic amines is 1. The summed E-state index contributed by atoms with van der Waals surface area (Å²) in [7, 11) is 0. The molecule has 3 aromatic rings. The topological polar surface area (TPSA) is 85.5 Å². The lowest BCUT2D eigenvalue weighted by atomic mass is 9.81. The number of aromatic nitrogens is 1. The number of hydrogen-bond donors (Lipinski definition) is 2. The van der Waals surface area contributed by atoms with Gasteiger partial charge in [0.05, 0.1) is 11.3 Å². The Balaban J connectivity index is 1.10. The number of rotatable bonds is 17. The summed E-state index contributed by atoms with van der Waals surface area (Å²) in [6, 6.07) is 10.5. The van der Waals surface area contributed by atoms with E-state index < -0.39 is 23.0 Å². The molecule has 57 heavy (non-hydrogen) atoms. The van der Waals surface area contributed by atoms with Gasteiger partial charge in [0.1, 0.15) is 0 Å². The van der Waals surface area contributed by atoms with Crippen molar-refractivity contribution in [1.82, 2.24) is 20.1 Å². The zero-order valence-electron chi connectivity index (χ0n) is 33.5. The highest BCUT2D eigenvalue weighted by atomic mass is 19.2. The third-order valence-electron chi connectivity index (χ3n) is 10.2. The van der Waals surface area contributed by atoms with Crippen molar-refractivity contribution in [2.24, 2.45) is 0 Å². The Labute approximate surface area is 336 Å². The van der Waals surface area contributed by atoms with Crippen molar-refractivity contribution in [3.63, 3.8) is 0 Å². The Bertz CT molecular complexity index is 2080. The standard InChI is InChI=1S/C48H56F2N4O3/c1-4-5-6-7-8-9-10-11-12-13-14-15-16-17-18-19-20-21-22-27-43(55)53-31-30-37(33-53)51-46(56)39-34-54(47(57)36-28-29-40(49)41(50)32-36)35-48(2,3)44-38-25-23-24-26-42(38)52-45(39)44/h5-6,8-9,11-12,14-15,17-18,20-21,23-26,28-29,32,34,37,52H,4,7,10,13,16,19,22,27,30-31,33,35H2,1-3H3,(H,51,56). The van der Waals surface area contributed by atoms with Crippen LogP contribution in [0.5, 0.6) is 0 Å². The largest absolute Gasteiger partial charge is 0.354 e. The fraction of sp³-hybridized carbons (Fsp3) is 0.354. The summed E-state index contributed by atoms with van der Waals surface area (Å²) in [4.78, 5) is 47.6. The Morgan fingerprint density at radius 1 is 0.825 bits per heavy atom. The second-order valence-electron chi connectivity index (χ2n) is 15.2. The Kier molecular flexibility index (Phi) is 15.8. The second-order valence-corrected chi connectivity index (χ2v) is 15.2. The van der Waals surface area contributed by atoms with Gasteiger partial charge in [-0.15, -0.1) is 0 Å². The molecule has 9 heteroatoms. The highest BCUT2D eigenvalue weighted by Crippen LogP contribution is 2.40. The van der Waals surface area contributed by atoms with Crippen LogP contribution in [0.15, 0.2) is 122 Å². The number of hydrogen-bond acceptors (Lipinski definition) is 3. The number of para-hydroxylation sites is 1. The number of nitrogens with zero attached hydrogens (tertiary/aromatic N) is 2. The molecular formula is C48H56F2N4O3. The average molecular weight is 775 g/mol. The first-order valence-electron chi connectivity index (χ1n) is 20.2. The molecule has 1 unspecified atom stereocenters. The van der Waals surface area contributed by atoms with Crippen LogP contribution in [-0.4, -0.2) is 58.2 Å². The van der Waals surface area contributed by atoms with Crippen molar-refractivity contribution in [1.29, 1.82) is 0 Å². The predicted molar refractivity (Wildman–Crippen MR) is 227 cm³/mol. The number of carbonyl (C=O) groups excluding carboxylic acids is 3. The predicted octanol–water partition coefficient (Wildman–Crippen LogP) is 10.4. The van der Waals surface area contributed by atoms with Crippen LogP contribution < -0.4 is 5.32 Å². The molecule has 2 aliphatic heterocycles. The lowest BCUT2D eigenvalue weighted by Crippen LogP contribution is -2.39. The first kappa shape index (κ1) is 42.6. The molecule has 1 aromatic heterocycles. The lowest BCUT2D eigenvalue weighted by Gasteiger charge is -2.29. The van der Waals surface area contributed by atoms with Crippen LogP contribution in [0.4, 0.5) is 8.78 Å². The van der Waals surface area contributed by atoms with Gasteiger partial charge < -0.3 is 20.1 Å². The van der Waals surface area contributed by atoms with E-state index in [4.69, 9.17) is 0 Å². The number of likely N-dealkylation sites (tertiary alicyclic amines) is 1. The van der Waals surface area contributed by atoms with Crippen molar-refractivity contribution in [3.05, 3.63) is 150 Å². The maximum absolute atomic E-state index is 14.2. The van der Waals surface area contributed by atoms with E-state index in [2.05, 4.69) is 84.1 Å². The number of H-pyrrole nitrogens is 1. The molecule has 0 saturated carbocycles. The summed E-state index contributed by atoms with van der Waals surface area (Å²) in [5.74, 6) is -3.06. The van der Waals surface area contributed by atoms with Crippen molar-refractivity contribution in [3.8, 4) is 0 Å². The van der Waals surface area contributed by atoms with Crippen LogP contribution in [0.1, 0.15) is 100 Å². The van der Waals surface area contributed by atoms with Gasteiger partial charge in [-0.1, -0.05) is 112 Å². The molecule has 0 aliphatic carbocycles. The van der Waals surface area contributed by atoms with Gasteiger partial charge in [0.2, 0.25) is 5.91 Å². The highest BCUT2D eigenvalue weighted by molar-refractivity contribution is 6.21. The fourth-order valence-corrected chi connectivity index (χ4v) is 7.29. The molecule has 7 nitrogen and oxygen atoms in total. The van der Waals surface area contributed by atoms with E-state index in [0.29, 0.717) is 38.0 Å². The lowest BCUT2D eigenvalue weighted by molar-refractivity contribution is -0.130. The van der Waals surface area contributed by atoms with Crippen molar-refractivity contribution >= 4 is 34.2 Å². The minimum absolute atomic E-state index is 0.0231. The number of amides is 3. The van der Waals surface area contributed by atoms with E-state index >= 15 is 0 Å². The van der Waals surface area contributed by atoms with Crippen LogP contribution in [0.2, 0.25) is 0 Å². The molecule has 1 atom stereocenters. The zero-order valence-corrected chi connectivity index (χ0v) is 33.5. The van der Waals surface area contributed by atoms with Gasteiger partial charge in [0.25, 0.3) is 11.8 Å². The fourth-order valence-electron chi connectivity index (χ4n) is 7.29. The first-order chi connectivity index (χ1) is 27.6.